The summed E-state index contributed by atoms with van der Waals surface area (Å²) in [6.07, 6.45) is 12.0. The summed E-state index contributed by atoms with van der Waals surface area (Å²) in [5.74, 6) is 3.67. The first-order chi connectivity index (χ1) is 15.7. The van der Waals surface area contributed by atoms with Crippen LogP contribution in [0.2, 0.25) is 0 Å². The molecule has 190 valence electrons. The number of fused-ring (bicyclic) bond motifs is 5. The molecular formula is C28H50N2O3. The molecule has 0 radical (unpaired) electrons. The van der Waals surface area contributed by atoms with E-state index in [2.05, 4.69) is 26.1 Å². The minimum atomic E-state index is -0.244. The van der Waals surface area contributed by atoms with Gasteiger partial charge in [-0.25, -0.2) is 0 Å². The summed E-state index contributed by atoms with van der Waals surface area (Å²) in [5, 5.41) is 25.0. The van der Waals surface area contributed by atoms with Crippen molar-refractivity contribution in [2.24, 2.45) is 52.1 Å². The van der Waals surface area contributed by atoms with Crippen molar-refractivity contribution in [1.82, 2.24) is 5.32 Å². The van der Waals surface area contributed by atoms with E-state index in [1.165, 1.54) is 25.7 Å². The molecule has 4 saturated carbocycles. The van der Waals surface area contributed by atoms with Crippen molar-refractivity contribution in [1.29, 1.82) is 0 Å². The highest BCUT2D eigenvalue weighted by Crippen LogP contribution is 2.68. The first-order valence-electron chi connectivity index (χ1n) is 14.0. The van der Waals surface area contributed by atoms with Crippen molar-refractivity contribution in [2.45, 2.75) is 110 Å². The van der Waals surface area contributed by atoms with Gasteiger partial charge in [0.25, 0.3) is 0 Å². The van der Waals surface area contributed by atoms with Gasteiger partial charge in [0.05, 0.1) is 12.2 Å². The number of aliphatic hydroxyl groups is 2. The fourth-order valence-corrected chi connectivity index (χ4v) is 9.31. The van der Waals surface area contributed by atoms with Crippen LogP contribution >= 0.6 is 0 Å². The summed E-state index contributed by atoms with van der Waals surface area (Å²) in [6, 6.07) is 0. The zero-order valence-corrected chi connectivity index (χ0v) is 21.4. The molecule has 4 aliphatic carbocycles. The third-order valence-electron chi connectivity index (χ3n) is 11.3. The van der Waals surface area contributed by atoms with E-state index in [0.29, 0.717) is 42.6 Å². The third-order valence-corrected chi connectivity index (χ3v) is 11.3. The lowest BCUT2D eigenvalue weighted by atomic mass is 9.43. The first kappa shape index (κ1) is 25.4. The molecule has 4 rings (SSSR count). The molecule has 0 aromatic heterocycles. The van der Waals surface area contributed by atoms with Crippen LogP contribution < -0.4 is 11.1 Å². The molecule has 0 bridgehead atoms. The van der Waals surface area contributed by atoms with Crippen molar-refractivity contribution >= 4 is 5.91 Å². The smallest absolute Gasteiger partial charge is 0.220 e. The van der Waals surface area contributed by atoms with Crippen LogP contribution in [0.25, 0.3) is 0 Å². The number of carbonyl (C=O) groups excluding carboxylic acids is 1. The predicted molar refractivity (Wildman–Crippen MR) is 132 cm³/mol. The lowest BCUT2D eigenvalue weighted by Crippen LogP contribution is -2.58. The van der Waals surface area contributed by atoms with Crippen LogP contribution in [0.4, 0.5) is 0 Å². The molecule has 5 N–H and O–H groups in total. The summed E-state index contributed by atoms with van der Waals surface area (Å²) in [6.45, 7) is 8.60. The topological polar surface area (TPSA) is 95.6 Å². The Morgan fingerprint density at radius 1 is 1.06 bits per heavy atom. The normalized spacial score (nSPS) is 45.6. The summed E-state index contributed by atoms with van der Waals surface area (Å²) in [4.78, 5) is 12.3. The maximum atomic E-state index is 12.3. The summed E-state index contributed by atoms with van der Waals surface area (Å²) >= 11 is 0. The van der Waals surface area contributed by atoms with E-state index in [4.69, 9.17) is 5.73 Å². The zero-order chi connectivity index (χ0) is 23.8. The van der Waals surface area contributed by atoms with Crippen molar-refractivity contribution in [2.75, 3.05) is 13.1 Å². The Labute approximate surface area is 201 Å². The average molecular weight is 463 g/mol. The molecule has 0 aromatic rings. The minimum absolute atomic E-state index is 0.0183. The summed E-state index contributed by atoms with van der Waals surface area (Å²) in [5.41, 5.74) is 5.80. The standard InChI is InChI=1S/C28H50N2O3/c1-18(6-11-26(33)30-15-5-4-14-29)22-9-10-23-21-8-7-19-16-20(31)12-13-27(19,2)24(21)17-25(32)28(22,23)3/h18-25,31-32H,4-17,29H2,1-3H3,(H,30,33)/t18-,19?,20-,21?,22-,23?,24?,25+,27+,28-/m1/s1. The van der Waals surface area contributed by atoms with Gasteiger partial charge in [-0.2, -0.15) is 0 Å². The predicted octanol–water partition coefficient (Wildman–Crippen LogP) is 4.25. The van der Waals surface area contributed by atoms with Crippen LogP contribution in [0.3, 0.4) is 0 Å². The fraction of sp³-hybridized carbons (Fsp3) is 0.964. The zero-order valence-electron chi connectivity index (χ0n) is 21.4. The summed E-state index contributed by atoms with van der Waals surface area (Å²) < 4.78 is 0. The molecule has 5 heteroatoms. The van der Waals surface area contributed by atoms with E-state index in [0.717, 1.165) is 57.4 Å². The van der Waals surface area contributed by atoms with Gasteiger partial charge < -0.3 is 21.3 Å². The fourth-order valence-electron chi connectivity index (χ4n) is 9.31. The Kier molecular flexibility index (Phi) is 7.82. The van der Waals surface area contributed by atoms with Crippen molar-refractivity contribution in [3.05, 3.63) is 0 Å². The van der Waals surface area contributed by atoms with E-state index in [1.54, 1.807) is 0 Å². The molecule has 4 unspecified atom stereocenters. The van der Waals surface area contributed by atoms with Crippen molar-refractivity contribution in [3.8, 4) is 0 Å². The van der Waals surface area contributed by atoms with Gasteiger partial charge in [0.15, 0.2) is 0 Å². The maximum absolute atomic E-state index is 12.3. The molecule has 33 heavy (non-hydrogen) atoms. The quantitative estimate of drug-likeness (QED) is 0.406. The molecular weight excluding hydrogens is 412 g/mol. The lowest BCUT2D eigenvalue weighted by Gasteiger charge is -2.62. The van der Waals surface area contributed by atoms with Crippen molar-refractivity contribution < 1.29 is 15.0 Å². The van der Waals surface area contributed by atoms with E-state index < -0.39 is 0 Å². The third kappa shape index (κ3) is 4.63. The Morgan fingerprint density at radius 3 is 2.61 bits per heavy atom. The largest absolute Gasteiger partial charge is 0.393 e. The van der Waals surface area contributed by atoms with Gasteiger partial charge in [-0.1, -0.05) is 20.8 Å². The molecule has 4 aliphatic rings. The number of hydrogen-bond donors (Lipinski definition) is 4. The molecule has 0 heterocycles. The molecule has 0 spiro atoms. The van der Waals surface area contributed by atoms with Gasteiger partial charge in [-0.05, 0) is 124 Å². The number of nitrogens with one attached hydrogen (secondary N) is 1. The Morgan fingerprint density at radius 2 is 1.85 bits per heavy atom. The molecule has 10 atom stereocenters. The van der Waals surface area contributed by atoms with E-state index in [-0.39, 0.29) is 28.9 Å². The van der Waals surface area contributed by atoms with Crippen LogP contribution in [0.1, 0.15) is 97.8 Å². The Bertz CT molecular complexity index is 686. The van der Waals surface area contributed by atoms with Crippen LogP contribution in [0, 0.1) is 46.3 Å². The van der Waals surface area contributed by atoms with Crippen LogP contribution in [-0.4, -0.2) is 41.4 Å². The number of rotatable bonds is 8. The van der Waals surface area contributed by atoms with Crippen LogP contribution in [0.5, 0.6) is 0 Å². The number of aliphatic hydroxyl groups excluding tert-OH is 2. The van der Waals surface area contributed by atoms with Gasteiger partial charge in [-0.3, -0.25) is 4.79 Å². The highest BCUT2D eigenvalue weighted by Gasteiger charge is 2.63. The molecule has 0 aromatic carbocycles. The Hall–Kier alpha value is -0.650. The van der Waals surface area contributed by atoms with Gasteiger partial charge >= 0.3 is 0 Å². The SMILES string of the molecule is C[C@H](CCC(=O)NCCCCN)[C@H]1CCC2C3CCC4C[C@H](O)CC[C@]4(C)C3C[C@H](O)[C@@]21C. The highest BCUT2D eigenvalue weighted by molar-refractivity contribution is 5.75. The Balaban J connectivity index is 1.40. The molecule has 0 saturated heterocycles. The second-order valence-corrected chi connectivity index (χ2v) is 12.7. The minimum Gasteiger partial charge on any atom is -0.393 e. The number of amides is 1. The van der Waals surface area contributed by atoms with Gasteiger partial charge in [0.1, 0.15) is 0 Å². The van der Waals surface area contributed by atoms with Crippen molar-refractivity contribution in [3.63, 3.8) is 0 Å². The monoisotopic (exact) mass is 462 g/mol. The lowest BCUT2D eigenvalue weighted by molar-refractivity contribution is -0.174. The van der Waals surface area contributed by atoms with E-state index >= 15 is 0 Å². The van der Waals surface area contributed by atoms with Gasteiger partial charge in [0.2, 0.25) is 5.91 Å². The number of unbranched alkanes of at least 4 members (excludes halogenated alkanes) is 1. The van der Waals surface area contributed by atoms with E-state index in [9.17, 15) is 15.0 Å². The van der Waals surface area contributed by atoms with Crippen LogP contribution in [0.15, 0.2) is 0 Å². The maximum Gasteiger partial charge on any atom is 0.220 e. The van der Waals surface area contributed by atoms with E-state index in [1.807, 2.05) is 0 Å². The second-order valence-electron chi connectivity index (χ2n) is 12.7. The number of nitrogens with two attached hydrogens (primary N) is 1. The first-order valence-corrected chi connectivity index (χ1v) is 14.0. The second kappa shape index (κ2) is 10.1. The molecule has 5 nitrogen and oxygen atoms in total. The molecule has 4 fully saturated rings. The van der Waals surface area contributed by atoms with Crippen LogP contribution in [-0.2, 0) is 4.79 Å². The highest BCUT2D eigenvalue weighted by atomic mass is 16.3. The number of carbonyl (C=O) groups is 1. The molecule has 1 amide bonds. The van der Waals surface area contributed by atoms with Gasteiger partial charge in [-0.15, -0.1) is 0 Å². The molecule has 0 aliphatic heterocycles. The summed E-state index contributed by atoms with van der Waals surface area (Å²) in [7, 11) is 0. The van der Waals surface area contributed by atoms with Gasteiger partial charge in [0, 0.05) is 13.0 Å². The average Bonchev–Trinajstić information content (AvgIpc) is 3.15. The number of hydrogen-bond acceptors (Lipinski definition) is 4.